The van der Waals surface area contributed by atoms with Crippen LogP contribution in [0.25, 0.3) is 5.69 Å². The number of carbonyl (C=O) groups is 1. The van der Waals surface area contributed by atoms with E-state index in [1.807, 2.05) is 12.1 Å². The topological polar surface area (TPSA) is 104 Å². The van der Waals surface area contributed by atoms with Gasteiger partial charge in [-0.05, 0) is 42.2 Å². The normalized spacial score (nSPS) is 11.3. The zero-order valence-electron chi connectivity index (χ0n) is 18.1. The number of methoxy groups -OCH3 is 2. The predicted molar refractivity (Wildman–Crippen MR) is 117 cm³/mol. The van der Waals surface area contributed by atoms with Gasteiger partial charge in [-0.3, -0.25) is 4.79 Å². The van der Waals surface area contributed by atoms with E-state index in [1.165, 1.54) is 0 Å². The molecule has 0 spiro atoms. The number of nitrogens with zero attached hydrogens (tertiary/aromatic N) is 3. The monoisotopic (exact) mass is 409 g/mol. The molecule has 3 aromatic rings. The molecule has 8 heteroatoms. The summed E-state index contributed by atoms with van der Waals surface area (Å²) in [7, 11) is 3.14. The van der Waals surface area contributed by atoms with Crippen molar-refractivity contribution in [3.8, 4) is 17.2 Å². The molecule has 30 heavy (non-hydrogen) atoms. The molecule has 0 fully saturated rings. The number of benzene rings is 2. The van der Waals surface area contributed by atoms with E-state index in [-0.39, 0.29) is 11.1 Å². The maximum absolute atomic E-state index is 12.9. The molecule has 1 heterocycles. The number of amides is 1. The number of hydrogen-bond donors (Lipinski definition) is 2. The van der Waals surface area contributed by atoms with Gasteiger partial charge in [0.15, 0.2) is 5.69 Å². The molecule has 0 saturated carbocycles. The van der Waals surface area contributed by atoms with Crippen LogP contribution in [0.2, 0.25) is 0 Å². The standard InChI is InChI=1S/C22H27N5O3/c1-13-20(21(28)24-17-11-14(22(2,3)4)7-9-16(17)23)25-26-27(13)18-12-15(29-5)8-10-19(18)30-6/h7-12H,23H2,1-6H3,(H,24,28). The van der Waals surface area contributed by atoms with Crippen LogP contribution in [0.5, 0.6) is 11.5 Å². The molecule has 2 aromatic carbocycles. The fourth-order valence-corrected chi connectivity index (χ4v) is 3.04. The number of nitrogens with two attached hydrogens (primary N) is 1. The Bertz CT molecular complexity index is 1080. The molecule has 0 saturated heterocycles. The van der Waals surface area contributed by atoms with E-state index in [0.717, 1.165) is 5.56 Å². The summed E-state index contributed by atoms with van der Waals surface area (Å²) in [6.45, 7) is 8.06. The number of hydrogen-bond acceptors (Lipinski definition) is 6. The minimum absolute atomic E-state index is 0.0743. The molecule has 0 aliphatic heterocycles. The molecule has 3 N–H and O–H groups in total. The van der Waals surface area contributed by atoms with Crippen LogP contribution < -0.4 is 20.5 Å². The smallest absolute Gasteiger partial charge is 0.278 e. The van der Waals surface area contributed by atoms with Crippen molar-refractivity contribution in [2.45, 2.75) is 33.1 Å². The molecular weight excluding hydrogens is 382 g/mol. The van der Waals surface area contributed by atoms with Crippen molar-refractivity contribution >= 4 is 17.3 Å². The summed E-state index contributed by atoms with van der Waals surface area (Å²) in [5.41, 5.74) is 9.47. The first-order valence-electron chi connectivity index (χ1n) is 9.51. The largest absolute Gasteiger partial charge is 0.497 e. The van der Waals surface area contributed by atoms with Crippen LogP contribution in [-0.4, -0.2) is 35.1 Å². The Morgan fingerprint density at radius 2 is 1.83 bits per heavy atom. The fraction of sp³-hybridized carbons (Fsp3) is 0.318. The molecule has 0 aliphatic carbocycles. The third-order valence-electron chi connectivity index (χ3n) is 4.89. The van der Waals surface area contributed by atoms with Gasteiger partial charge < -0.3 is 20.5 Å². The first kappa shape index (κ1) is 21.2. The van der Waals surface area contributed by atoms with E-state index in [0.29, 0.717) is 34.3 Å². The molecule has 1 amide bonds. The summed E-state index contributed by atoms with van der Waals surface area (Å²) in [5, 5.41) is 11.1. The number of nitrogen functional groups attached to an aromatic ring is 1. The Morgan fingerprint density at radius 1 is 1.10 bits per heavy atom. The fourth-order valence-electron chi connectivity index (χ4n) is 3.04. The lowest BCUT2D eigenvalue weighted by Crippen LogP contribution is -2.17. The van der Waals surface area contributed by atoms with E-state index >= 15 is 0 Å². The highest BCUT2D eigenvalue weighted by molar-refractivity contribution is 6.05. The van der Waals surface area contributed by atoms with Crippen LogP contribution in [0.3, 0.4) is 0 Å². The van der Waals surface area contributed by atoms with Gasteiger partial charge in [0, 0.05) is 6.07 Å². The lowest BCUT2D eigenvalue weighted by Gasteiger charge is -2.20. The first-order valence-corrected chi connectivity index (χ1v) is 9.51. The number of ether oxygens (including phenoxy) is 2. The number of aromatic nitrogens is 3. The van der Waals surface area contributed by atoms with Gasteiger partial charge >= 0.3 is 0 Å². The Morgan fingerprint density at radius 3 is 2.47 bits per heavy atom. The summed E-state index contributed by atoms with van der Waals surface area (Å²) >= 11 is 0. The number of nitrogens with one attached hydrogen (secondary N) is 1. The second-order valence-corrected chi connectivity index (χ2v) is 7.98. The lowest BCUT2D eigenvalue weighted by molar-refractivity contribution is 0.102. The van der Waals surface area contributed by atoms with E-state index in [2.05, 4.69) is 36.4 Å². The molecule has 3 rings (SSSR count). The summed E-state index contributed by atoms with van der Waals surface area (Å²) in [4.78, 5) is 12.9. The van der Waals surface area contributed by atoms with Crippen LogP contribution in [0.15, 0.2) is 36.4 Å². The van der Waals surface area contributed by atoms with Gasteiger partial charge in [-0.1, -0.05) is 32.1 Å². The highest BCUT2D eigenvalue weighted by Gasteiger charge is 2.21. The molecule has 0 aliphatic rings. The van der Waals surface area contributed by atoms with Gasteiger partial charge in [0.25, 0.3) is 5.91 Å². The highest BCUT2D eigenvalue weighted by Crippen LogP contribution is 2.30. The third-order valence-corrected chi connectivity index (χ3v) is 4.89. The average Bonchev–Trinajstić information content (AvgIpc) is 3.09. The van der Waals surface area contributed by atoms with Gasteiger partial charge in [-0.2, -0.15) is 0 Å². The zero-order chi connectivity index (χ0) is 22.1. The Balaban J connectivity index is 1.95. The SMILES string of the molecule is COc1ccc(OC)c(-n2nnc(C(=O)Nc3cc(C(C)(C)C)ccc3N)c2C)c1. The van der Waals surface area contributed by atoms with Crippen molar-refractivity contribution in [2.24, 2.45) is 0 Å². The second kappa shape index (κ2) is 8.06. The Hall–Kier alpha value is -3.55. The summed E-state index contributed by atoms with van der Waals surface area (Å²) < 4.78 is 12.3. The molecular formula is C22H27N5O3. The lowest BCUT2D eigenvalue weighted by atomic mass is 9.86. The van der Waals surface area contributed by atoms with Crippen molar-refractivity contribution in [3.63, 3.8) is 0 Å². The van der Waals surface area contributed by atoms with Gasteiger partial charge in [0.05, 0.1) is 31.3 Å². The zero-order valence-corrected chi connectivity index (χ0v) is 18.1. The molecule has 0 bridgehead atoms. The van der Waals surface area contributed by atoms with E-state index in [1.54, 1.807) is 50.1 Å². The van der Waals surface area contributed by atoms with Crippen LogP contribution in [0, 0.1) is 6.92 Å². The van der Waals surface area contributed by atoms with Crippen LogP contribution in [0.1, 0.15) is 42.5 Å². The maximum Gasteiger partial charge on any atom is 0.278 e. The Labute approximate surface area is 176 Å². The predicted octanol–water partition coefficient (Wildman–Crippen LogP) is 3.72. The second-order valence-electron chi connectivity index (χ2n) is 7.98. The molecule has 0 radical (unpaired) electrons. The van der Waals surface area contributed by atoms with Crippen molar-refractivity contribution in [2.75, 3.05) is 25.3 Å². The number of carbonyl (C=O) groups excluding carboxylic acids is 1. The third kappa shape index (κ3) is 4.07. The molecule has 1 aromatic heterocycles. The minimum atomic E-state index is -0.390. The summed E-state index contributed by atoms with van der Waals surface area (Å²) in [6.07, 6.45) is 0. The summed E-state index contributed by atoms with van der Waals surface area (Å²) in [5.74, 6) is 0.828. The molecule has 0 unspecified atom stereocenters. The number of anilines is 2. The van der Waals surface area contributed by atoms with Gasteiger partial charge in [-0.25, -0.2) is 4.68 Å². The van der Waals surface area contributed by atoms with Crippen LogP contribution in [-0.2, 0) is 5.41 Å². The van der Waals surface area contributed by atoms with Crippen LogP contribution >= 0.6 is 0 Å². The quantitative estimate of drug-likeness (QED) is 0.622. The number of rotatable bonds is 5. The van der Waals surface area contributed by atoms with Crippen molar-refractivity contribution in [1.29, 1.82) is 0 Å². The Kier molecular flexibility index (Phi) is 5.69. The van der Waals surface area contributed by atoms with E-state index in [9.17, 15) is 4.79 Å². The van der Waals surface area contributed by atoms with Crippen molar-refractivity contribution < 1.29 is 14.3 Å². The van der Waals surface area contributed by atoms with Gasteiger partial charge in [0.1, 0.15) is 17.2 Å². The van der Waals surface area contributed by atoms with E-state index < -0.39 is 5.91 Å². The van der Waals surface area contributed by atoms with Crippen molar-refractivity contribution in [3.05, 3.63) is 53.3 Å². The van der Waals surface area contributed by atoms with Crippen LogP contribution in [0.4, 0.5) is 11.4 Å². The van der Waals surface area contributed by atoms with Crippen molar-refractivity contribution in [1.82, 2.24) is 15.0 Å². The van der Waals surface area contributed by atoms with Gasteiger partial charge in [0.2, 0.25) is 0 Å². The molecule has 158 valence electrons. The van der Waals surface area contributed by atoms with E-state index in [4.69, 9.17) is 15.2 Å². The van der Waals surface area contributed by atoms with Gasteiger partial charge in [-0.15, -0.1) is 5.10 Å². The first-order chi connectivity index (χ1) is 14.2. The minimum Gasteiger partial charge on any atom is -0.497 e. The maximum atomic E-state index is 12.9. The average molecular weight is 409 g/mol. The molecule has 0 atom stereocenters. The summed E-state index contributed by atoms with van der Waals surface area (Å²) in [6, 6.07) is 11.0. The highest BCUT2D eigenvalue weighted by atomic mass is 16.5. The molecule has 8 nitrogen and oxygen atoms in total.